The average Bonchev–Trinajstić information content (AvgIpc) is 3.16. The maximum absolute atomic E-state index is 13.3. The highest BCUT2D eigenvalue weighted by Crippen LogP contribution is 2.34. The van der Waals surface area contributed by atoms with Crippen LogP contribution >= 0.6 is 22.9 Å². The quantitative estimate of drug-likeness (QED) is 0.500. The summed E-state index contributed by atoms with van der Waals surface area (Å²) in [5.74, 6) is -0.618. The first kappa shape index (κ1) is 22.8. The second kappa shape index (κ2) is 9.62. The molecule has 1 saturated heterocycles. The van der Waals surface area contributed by atoms with Crippen molar-refractivity contribution < 1.29 is 27.4 Å². The predicted octanol–water partition coefficient (Wildman–Crippen LogP) is 4.83. The predicted molar refractivity (Wildman–Crippen MR) is 117 cm³/mol. The van der Waals surface area contributed by atoms with E-state index in [-0.39, 0.29) is 11.7 Å². The number of halogens is 4. The number of thiazole rings is 1. The SMILES string of the molecule is O=C(c1cccc(Cl)c1)N(CCN1CCOCC1)c1nc2ccc(OC(F)(F)F)cc2s1. The minimum absolute atomic E-state index is 0.286. The third-order valence-corrected chi connectivity index (χ3v) is 6.15. The summed E-state index contributed by atoms with van der Waals surface area (Å²) in [6, 6.07) is 10.5. The van der Waals surface area contributed by atoms with Crippen LogP contribution in [-0.2, 0) is 4.74 Å². The van der Waals surface area contributed by atoms with E-state index in [9.17, 15) is 18.0 Å². The second-order valence-corrected chi connectivity index (χ2v) is 8.54. The topological polar surface area (TPSA) is 54.9 Å². The summed E-state index contributed by atoms with van der Waals surface area (Å²) in [6.07, 6.45) is -4.78. The molecule has 1 amide bonds. The first-order chi connectivity index (χ1) is 15.3. The summed E-state index contributed by atoms with van der Waals surface area (Å²) in [5.41, 5.74) is 0.884. The van der Waals surface area contributed by atoms with E-state index < -0.39 is 6.36 Å². The van der Waals surface area contributed by atoms with Crippen molar-refractivity contribution in [2.24, 2.45) is 0 Å². The van der Waals surface area contributed by atoms with E-state index in [1.54, 1.807) is 24.3 Å². The fourth-order valence-electron chi connectivity index (χ4n) is 3.33. The Labute approximate surface area is 191 Å². The van der Waals surface area contributed by atoms with Crippen LogP contribution in [0.2, 0.25) is 5.02 Å². The van der Waals surface area contributed by atoms with Crippen LogP contribution in [0.15, 0.2) is 42.5 Å². The lowest BCUT2D eigenvalue weighted by Crippen LogP contribution is -2.43. The van der Waals surface area contributed by atoms with E-state index in [1.165, 1.54) is 23.1 Å². The van der Waals surface area contributed by atoms with Crippen LogP contribution in [0, 0.1) is 0 Å². The van der Waals surface area contributed by atoms with E-state index >= 15 is 0 Å². The number of anilines is 1. The molecule has 3 aromatic rings. The number of aromatic nitrogens is 1. The molecule has 1 aromatic heterocycles. The van der Waals surface area contributed by atoms with Gasteiger partial charge in [-0.05, 0) is 30.3 Å². The van der Waals surface area contributed by atoms with Crippen molar-refractivity contribution in [3.8, 4) is 5.75 Å². The van der Waals surface area contributed by atoms with Gasteiger partial charge in [0.2, 0.25) is 0 Å². The maximum Gasteiger partial charge on any atom is 0.573 e. The highest BCUT2D eigenvalue weighted by atomic mass is 35.5. The van der Waals surface area contributed by atoms with Crippen LogP contribution in [0.5, 0.6) is 5.75 Å². The van der Waals surface area contributed by atoms with Crippen molar-refractivity contribution in [2.75, 3.05) is 44.3 Å². The molecular weight excluding hydrogens is 467 g/mol. The standard InChI is InChI=1S/C21H19ClF3N3O3S/c22-15-3-1-2-14(12-15)19(29)28(7-6-27-8-10-30-11-9-27)20-26-17-5-4-16(13-18(17)32-20)31-21(23,24)25/h1-5,12-13H,6-11H2. The zero-order chi connectivity index (χ0) is 22.7. The molecule has 0 saturated carbocycles. The van der Waals surface area contributed by atoms with Crippen LogP contribution in [-0.4, -0.2) is 61.5 Å². The number of ether oxygens (including phenoxy) is 2. The van der Waals surface area contributed by atoms with E-state index in [2.05, 4.69) is 14.6 Å². The minimum Gasteiger partial charge on any atom is -0.406 e. The third-order valence-electron chi connectivity index (χ3n) is 4.87. The first-order valence-electron chi connectivity index (χ1n) is 9.82. The summed E-state index contributed by atoms with van der Waals surface area (Å²) < 4.78 is 47.6. The van der Waals surface area contributed by atoms with Gasteiger partial charge in [-0.25, -0.2) is 4.98 Å². The number of carbonyl (C=O) groups is 1. The molecular formula is C21H19ClF3N3O3S. The lowest BCUT2D eigenvalue weighted by Gasteiger charge is -2.29. The lowest BCUT2D eigenvalue weighted by molar-refractivity contribution is -0.274. The van der Waals surface area contributed by atoms with Crippen LogP contribution in [0.4, 0.5) is 18.3 Å². The van der Waals surface area contributed by atoms with Crippen LogP contribution in [0.1, 0.15) is 10.4 Å². The highest BCUT2D eigenvalue weighted by Gasteiger charge is 2.31. The Kier molecular flexibility index (Phi) is 6.85. The zero-order valence-electron chi connectivity index (χ0n) is 16.8. The molecule has 1 aliphatic heterocycles. The van der Waals surface area contributed by atoms with Crippen LogP contribution in [0.3, 0.4) is 0 Å². The van der Waals surface area contributed by atoms with Gasteiger partial charge in [-0.2, -0.15) is 0 Å². The van der Waals surface area contributed by atoms with E-state index in [0.717, 1.165) is 24.4 Å². The number of carbonyl (C=O) groups excluding carboxylic acids is 1. The monoisotopic (exact) mass is 485 g/mol. The number of fused-ring (bicyclic) bond motifs is 1. The molecule has 0 bridgehead atoms. The number of hydrogen-bond donors (Lipinski definition) is 0. The fourth-order valence-corrected chi connectivity index (χ4v) is 4.54. The summed E-state index contributed by atoms with van der Waals surface area (Å²) in [6.45, 7) is 3.75. The van der Waals surface area contributed by atoms with Gasteiger partial charge in [-0.3, -0.25) is 14.6 Å². The van der Waals surface area contributed by atoms with Crippen LogP contribution < -0.4 is 9.64 Å². The van der Waals surface area contributed by atoms with Crippen molar-refractivity contribution in [1.82, 2.24) is 9.88 Å². The summed E-state index contributed by atoms with van der Waals surface area (Å²) >= 11 is 7.19. The Morgan fingerprint density at radius 1 is 1.22 bits per heavy atom. The Morgan fingerprint density at radius 3 is 2.72 bits per heavy atom. The second-order valence-electron chi connectivity index (χ2n) is 7.09. The van der Waals surface area contributed by atoms with Crippen molar-refractivity contribution in [1.29, 1.82) is 0 Å². The molecule has 170 valence electrons. The Hall–Kier alpha value is -2.40. The number of morpholine rings is 1. The number of alkyl halides is 3. The molecule has 0 atom stereocenters. The number of hydrogen-bond acceptors (Lipinski definition) is 6. The van der Waals surface area contributed by atoms with Gasteiger partial charge in [0.25, 0.3) is 5.91 Å². The lowest BCUT2D eigenvalue weighted by atomic mass is 10.2. The molecule has 1 fully saturated rings. The number of nitrogens with zero attached hydrogens (tertiary/aromatic N) is 3. The molecule has 0 unspecified atom stereocenters. The smallest absolute Gasteiger partial charge is 0.406 e. The summed E-state index contributed by atoms with van der Waals surface area (Å²) in [5, 5.41) is 0.824. The van der Waals surface area contributed by atoms with E-state index in [1.807, 2.05) is 0 Å². The number of rotatable bonds is 6. The van der Waals surface area contributed by atoms with Gasteiger partial charge in [-0.1, -0.05) is 29.0 Å². The minimum atomic E-state index is -4.78. The van der Waals surface area contributed by atoms with Crippen molar-refractivity contribution >= 4 is 44.2 Å². The maximum atomic E-state index is 13.3. The highest BCUT2D eigenvalue weighted by molar-refractivity contribution is 7.22. The van der Waals surface area contributed by atoms with Gasteiger partial charge in [0, 0.05) is 42.8 Å². The van der Waals surface area contributed by atoms with Gasteiger partial charge in [0.15, 0.2) is 5.13 Å². The molecule has 2 heterocycles. The molecule has 0 spiro atoms. The summed E-state index contributed by atoms with van der Waals surface area (Å²) in [4.78, 5) is 21.5. The molecule has 1 aliphatic rings. The van der Waals surface area contributed by atoms with Crippen molar-refractivity contribution in [3.63, 3.8) is 0 Å². The molecule has 32 heavy (non-hydrogen) atoms. The van der Waals surface area contributed by atoms with E-state index in [0.29, 0.717) is 52.2 Å². The third kappa shape index (κ3) is 5.69. The molecule has 11 heteroatoms. The normalized spacial score (nSPS) is 15.1. The largest absolute Gasteiger partial charge is 0.573 e. The van der Waals surface area contributed by atoms with Gasteiger partial charge >= 0.3 is 6.36 Å². The van der Waals surface area contributed by atoms with E-state index in [4.69, 9.17) is 16.3 Å². The molecule has 4 rings (SSSR count). The summed E-state index contributed by atoms with van der Waals surface area (Å²) in [7, 11) is 0. The molecule has 0 radical (unpaired) electrons. The van der Waals surface area contributed by atoms with Gasteiger partial charge < -0.3 is 9.47 Å². The van der Waals surface area contributed by atoms with Crippen molar-refractivity contribution in [2.45, 2.75) is 6.36 Å². The zero-order valence-corrected chi connectivity index (χ0v) is 18.3. The average molecular weight is 486 g/mol. The molecule has 0 N–H and O–H groups in total. The van der Waals surface area contributed by atoms with Crippen molar-refractivity contribution in [3.05, 3.63) is 53.1 Å². The van der Waals surface area contributed by atoms with Gasteiger partial charge in [-0.15, -0.1) is 13.2 Å². The molecule has 6 nitrogen and oxygen atoms in total. The number of amides is 1. The number of benzene rings is 2. The van der Waals surface area contributed by atoms with Gasteiger partial charge in [0.05, 0.1) is 23.4 Å². The fraction of sp³-hybridized carbons (Fsp3) is 0.333. The Morgan fingerprint density at radius 2 is 2.00 bits per heavy atom. The molecule has 2 aromatic carbocycles. The molecule has 0 aliphatic carbocycles. The first-order valence-corrected chi connectivity index (χ1v) is 11.0. The van der Waals surface area contributed by atoms with Gasteiger partial charge in [0.1, 0.15) is 5.75 Å². The van der Waals surface area contributed by atoms with Crippen LogP contribution in [0.25, 0.3) is 10.2 Å². The Bertz CT molecular complexity index is 1100. The Balaban J connectivity index is 1.63.